The lowest BCUT2D eigenvalue weighted by atomic mass is 10.1. The minimum Gasteiger partial charge on any atom is -0.449 e. The van der Waals surface area contributed by atoms with Gasteiger partial charge in [-0.2, -0.15) is 0 Å². The van der Waals surface area contributed by atoms with Gasteiger partial charge in [0, 0.05) is 10.8 Å². The van der Waals surface area contributed by atoms with Crippen LogP contribution < -0.4 is 10.6 Å². The van der Waals surface area contributed by atoms with Crippen molar-refractivity contribution in [2.75, 3.05) is 10.6 Å². The highest BCUT2D eigenvalue weighted by Gasteiger charge is 2.32. The molecule has 2 amide bonds. The Morgan fingerprint density at radius 2 is 1.86 bits per heavy atom. The number of ether oxygens (including phenoxy) is 1. The Balaban J connectivity index is 1.70. The van der Waals surface area contributed by atoms with Gasteiger partial charge in [-0.3, -0.25) is 9.59 Å². The van der Waals surface area contributed by atoms with Crippen LogP contribution in [0.15, 0.2) is 24.3 Å². The third-order valence-corrected chi connectivity index (χ3v) is 5.68. The molecule has 148 valence electrons. The number of benzene rings is 1. The SMILES string of the molecule is Cc1sc(NC(=O)C2CC2)c(C(=O)O[C@H](C)C(=O)Nc2ccccc2F)c1C. The standard InChI is InChI=1S/C20H21FN2O4S/c1-10-12(3)28-19(23-18(25)13-8-9-13)16(10)20(26)27-11(2)17(24)22-15-7-5-4-6-14(15)21/h4-7,11,13H,8-9H2,1-3H3,(H,22,24)(H,23,25)/t11-/m1/s1. The molecule has 1 aliphatic rings. The molecule has 6 nitrogen and oxygen atoms in total. The van der Waals surface area contributed by atoms with E-state index in [4.69, 9.17) is 4.74 Å². The zero-order chi connectivity index (χ0) is 20.4. The van der Waals surface area contributed by atoms with E-state index in [0.717, 1.165) is 17.7 Å². The number of para-hydroxylation sites is 1. The molecule has 1 fully saturated rings. The molecule has 0 spiro atoms. The lowest BCUT2D eigenvalue weighted by molar-refractivity contribution is -0.123. The second kappa shape index (κ2) is 8.10. The summed E-state index contributed by atoms with van der Waals surface area (Å²) in [5, 5.41) is 5.62. The van der Waals surface area contributed by atoms with E-state index in [-0.39, 0.29) is 23.1 Å². The van der Waals surface area contributed by atoms with Gasteiger partial charge >= 0.3 is 5.97 Å². The van der Waals surface area contributed by atoms with E-state index < -0.39 is 23.8 Å². The number of thiophene rings is 1. The molecule has 1 heterocycles. The summed E-state index contributed by atoms with van der Waals surface area (Å²) in [6.45, 7) is 5.02. The van der Waals surface area contributed by atoms with E-state index in [1.54, 1.807) is 13.0 Å². The maximum atomic E-state index is 13.7. The smallest absolute Gasteiger partial charge is 0.342 e. The predicted octanol–water partition coefficient (Wildman–Crippen LogP) is 4.04. The second-order valence-electron chi connectivity index (χ2n) is 6.77. The maximum absolute atomic E-state index is 13.7. The molecule has 1 aliphatic carbocycles. The molecular weight excluding hydrogens is 383 g/mol. The number of anilines is 2. The first kappa shape index (κ1) is 20.0. The third-order valence-electron chi connectivity index (χ3n) is 4.56. The van der Waals surface area contributed by atoms with E-state index >= 15 is 0 Å². The summed E-state index contributed by atoms with van der Waals surface area (Å²) in [4.78, 5) is 37.9. The number of nitrogens with one attached hydrogen (secondary N) is 2. The summed E-state index contributed by atoms with van der Waals surface area (Å²) in [5.41, 5.74) is 0.959. The van der Waals surface area contributed by atoms with E-state index in [1.807, 2.05) is 6.92 Å². The van der Waals surface area contributed by atoms with Gasteiger partial charge in [-0.05, 0) is 51.3 Å². The van der Waals surface area contributed by atoms with Gasteiger partial charge in [0.15, 0.2) is 6.10 Å². The number of hydrogen-bond acceptors (Lipinski definition) is 5. The predicted molar refractivity (Wildman–Crippen MR) is 105 cm³/mol. The summed E-state index contributed by atoms with van der Waals surface area (Å²) >= 11 is 1.30. The van der Waals surface area contributed by atoms with Gasteiger partial charge in [0.1, 0.15) is 10.8 Å². The van der Waals surface area contributed by atoms with Crippen molar-refractivity contribution in [3.8, 4) is 0 Å². The second-order valence-corrected chi connectivity index (χ2v) is 7.99. The zero-order valence-electron chi connectivity index (χ0n) is 15.8. The zero-order valence-corrected chi connectivity index (χ0v) is 16.6. The van der Waals surface area contributed by atoms with Crippen molar-refractivity contribution in [2.24, 2.45) is 5.92 Å². The molecule has 1 saturated carbocycles. The van der Waals surface area contributed by atoms with Gasteiger partial charge in [0.25, 0.3) is 5.91 Å². The first-order valence-electron chi connectivity index (χ1n) is 8.95. The summed E-state index contributed by atoms with van der Waals surface area (Å²) in [5.74, 6) is -2.04. The molecule has 0 bridgehead atoms. The first-order valence-corrected chi connectivity index (χ1v) is 9.76. The Morgan fingerprint density at radius 3 is 2.50 bits per heavy atom. The Labute approximate surface area is 166 Å². The number of halogens is 1. The highest BCUT2D eigenvalue weighted by molar-refractivity contribution is 7.16. The Morgan fingerprint density at radius 1 is 1.18 bits per heavy atom. The molecule has 2 aromatic rings. The van der Waals surface area contributed by atoms with Crippen molar-refractivity contribution in [3.05, 3.63) is 46.1 Å². The molecule has 0 unspecified atom stereocenters. The Hall–Kier alpha value is -2.74. The summed E-state index contributed by atoms with van der Waals surface area (Å²) < 4.78 is 19.0. The van der Waals surface area contributed by atoms with E-state index in [2.05, 4.69) is 10.6 Å². The van der Waals surface area contributed by atoms with Crippen LogP contribution in [0.25, 0.3) is 0 Å². The fraction of sp³-hybridized carbons (Fsp3) is 0.350. The van der Waals surface area contributed by atoms with Crippen LogP contribution in [0.1, 0.15) is 40.6 Å². The Kier molecular flexibility index (Phi) is 5.79. The summed E-state index contributed by atoms with van der Waals surface area (Å²) in [6.07, 6.45) is 0.559. The minimum atomic E-state index is -1.14. The number of amides is 2. The molecule has 0 saturated heterocycles. The summed E-state index contributed by atoms with van der Waals surface area (Å²) in [7, 11) is 0. The monoisotopic (exact) mass is 404 g/mol. The fourth-order valence-corrected chi connectivity index (χ4v) is 3.64. The molecule has 0 aliphatic heterocycles. The van der Waals surface area contributed by atoms with Gasteiger partial charge < -0.3 is 15.4 Å². The van der Waals surface area contributed by atoms with E-state index in [9.17, 15) is 18.8 Å². The van der Waals surface area contributed by atoms with Crippen LogP contribution in [-0.2, 0) is 14.3 Å². The molecule has 1 aromatic heterocycles. The third kappa shape index (κ3) is 4.39. The van der Waals surface area contributed by atoms with Crippen molar-refractivity contribution in [2.45, 2.75) is 39.7 Å². The maximum Gasteiger partial charge on any atom is 0.342 e. The van der Waals surface area contributed by atoms with Gasteiger partial charge in [-0.15, -0.1) is 11.3 Å². The average molecular weight is 404 g/mol. The van der Waals surface area contributed by atoms with Crippen LogP contribution in [0.2, 0.25) is 0 Å². The van der Waals surface area contributed by atoms with Crippen molar-refractivity contribution in [1.82, 2.24) is 0 Å². The average Bonchev–Trinajstić information content (AvgIpc) is 3.44. The largest absolute Gasteiger partial charge is 0.449 e. The lowest BCUT2D eigenvalue weighted by Crippen LogP contribution is -2.30. The topological polar surface area (TPSA) is 84.5 Å². The number of carbonyl (C=O) groups is 3. The molecule has 1 aromatic carbocycles. The Bertz CT molecular complexity index is 936. The molecule has 8 heteroatoms. The molecule has 0 radical (unpaired) electrons. The van der Waals surface area contributed by atoms with Crippen LogP contribution in [0.3, 0.4) is 0 Å². The number of hydrogen-bond donors (Lipinski definition) is 2. The number of carbonyl (C=O) groups excluding carboxylic acids is 3. The first-order chi connectivity index (χ1) is 13.3. The van der Waals surface area contributed by atoms with Gasteiger partial charge in [0.2, 0.25) is 5.91 Å². The minimum absolute atomic E-state index is 0.00273. The molecule has 1 atom stereocenters. The van der Waals surface area contributed by atoms with E-state index in [0.29, 0.717) is 10.6 Å². The van der Waals surface area contributed by atoms with Gasteiger partial charge in [0.05, 0.1) is 11.3 Å². The molecule has 2 N–H and O–H groups in total. The number of esters is 1. The van der Waals surface area contributed by atoms with Crippen LogP contribution >= 0.6 is 11.3 Å². The van der Waals surface area contributed by atoms with E-state index in [1.165, 1.54) is 36.5 Å². The molecule has 3 rings (SSSR count). The normalized spacial score (nSPS) is 14.3. The highest BCUT2D eigenvalue weighted by atomic mass is 32.1. The fourth-order valence-electron chi connectivity index (χ4n) is 2.59. The molecular formula is C20H21FN2O4S. The van der Waals surface area contributed by atoms with Crippen LogP contribution in [-0.4, -0.2) is 23.9 Å². The van der Waals surface area contributed by atoms with Crippen molar-refractivity contribution < 1.29 is 23.5 Å². The van der Waals surface area contributed by atoms with Crippen LogP contribution in [0, 0.1) is 25.6 Å². The van der Waals surface area contributed by atoms with Crippen molar-refractivity contribution in [1.29, 1.82) is 0 Å². The highest BCUT2D eigenvalue weighted by Crippen LogP contribution is 2.36. The van der Waals surface area contributed by atoms with Gasteiger partial charge in [-0.1, -0.05) is 12.1 Å². The van der Waals surface area contributed by atoms with Crippen LogP contribution in [0.5, 0.6) is 0 Å². The number of rotatable bonds is 6. The van der Waals surface area contributed by atoms with Crippen molar-refractivity contribution >= 4 is 39.8 Å². The quantitative estimate of drug-likeness (QED) is 0.712. The van der Waals surface area contributed by atoms with Gasteiger partial charge in [-0.25, -0.2) is 9.18 Å². The summed E-state index contributed by atoms with van der Waals surface area (Å²) in [6, 6.07) is 5.73. The van der Waals surface area contributed by atoms with Crippen LogP contribution in [0.4, 0.5) is 15.1 Å². The van der Waals surface area contributed by atoms with Crippen molar-refractivity contribution in [3.63, 3.8) is 0 Å². The number of aryl methyl sites for hydroxylation is 1. The molecule has 28 heavy (non-hydrogen) atoms. The lowest BCUT2D eigenvalue weighted by Gasteiger charge is -2.15.